The highest BCUT2D eigenvalue weighted by Crippen LogP contribution is 2.39. The summed E-state index contributed by atoms with van der Waals surface area (Å²) in [6, 6.07) is 12.0. The molecule has 0 saturated carbocycles. The second-order valence-corrected chi connectivity index (χ2v) is 9.98. The van der Waals surface area contributed by atoms with Gasteiger partial charge in [0, 0.05) is 25.3 Å². The summed E-state index contributed by atoms with van der Waals surface area (Å²) in [5.74, 6) is 1.46. The fraction of sp³-hybridized carbons (Fsp3) is 0.533. The van der Waals surface area contributed by atoms with Crippen molar-refractivity contribution in [2.75, 3.05) is 44.8 Å². The number of nitrogens with zero attached hydrogens (tertiary/aromatic N) is 5. The van der Waals surface area contributed by atoms with Gasteiger partial charge in [-0.05, 0) is 49.5 Å². The number of tetrazole rings is 1. The quantitative estimate of drug-likeness (QED) is 0.204. The molecule has 1 atom stereocenters. The molecule has 42 heavy (non-hydrogen) atoms. The average molecular weight is 583 g/mol. The van der Waals surface area contributed by atoms with Crippen LogP contribution in [0.25, 0.3) is 0 Å². The number of methoxy groups -OCH3 is 3. The molecular formula is C30H42N6O6. The van der Waals surface area contributed by atoms with Gasteiger partial charge < -0.3 is 29.0 Å². The number of unbranched alkanes of at least 4 members (excludes halogenated alkanes) is 5. The molecule has 1 saturated heterocycles. The van der Waals surface area contributed by atoms with Crippen LogP contribution in [0.5, 0.6) is 17.2 Å². The van der Waals surface area contributed by atoms with Gasteiger partial charge in [0.15, 0.2) is 6.29 Å². The Kier molecular flexibility index (Phi) is 12.2. The molecule has 1 unspecified atom stereocenters. The van der Waals surface area contributed by atoms with Crippen molar-refractivity contribution in [3.63, 3.8) is 0 Å². The van der Waals surface area contributed by atoms with Crippen LogP contribution in [0.3, 0.4) is 0 Å². The Morgan fingerprint density at radius 2 is 1.69 bits per heavy atom. The molecule has 228 valence electrons. The third kappa shape index (κ3) is 8.80. The number of hydrogen-bond acceptors (Lipinski definition) is 9. The normalized spacial score (nSPS) is 14.8. The zero-order valence-corrected chi connectivity index (χ0v) is 24.8. The van der Waals surface area contributed by atoms with Crippen LogP contribution in [-0.4, -0.2) is 67.1 Å². The van der Waals surface area contributed by atoms with E-state index in [-0.39, 0.29) is 12.2 Å². The number of para-hydroxylation sites is 1. The Labute approximate surface area is 247 Å². The molecule has 1 aliphatic heterocycles. The Hall–Kier alpha value is -3.90. The lowest BCUT2D eigenvalue weighted by atomic mass is 10.1. The van der Waals surface area contributed by atoms with E-state index in [1.165, 1.54) is 30.3 Å². The lowest BCUT2D eigenvalue weighted by molar-refractivity contribution is -0.162. The maximum Gasteiger partial charge on any atom is 0.333 e. The van der Waals surface area contributed by atoms with Crippen LogP contribution in [0.4, 0.5) is 22.1 Å². The van der Waals surface area contributed by atoms with E-state index in [1.54, 1.807) is 31.4 Å². The van der Waals surface area contributed by atoms with Gasteiger partial charge in [-0.1, -0.05) is 49.0 Å². The van der Waals surface area contributed by atoms with Crippen molar-refractivity contribution in [3.05, 3.63) is 42.5 Å². The molecule has 12 heteroatoms. The predicted molar refractivity (Wildman–Crippen MR) is 159 cm³/mol. The first-order chi connectivity index (χ1) is 20.6. The van der Waals surface area contributed by atoms with Gasteiger partial charge >= 0.3 is 6.03 Å². The summed E-state index contributed by atoms with van der Waals surface area (Å²) in [6.45, 7) is 2.19. The first-order valence-corrected chi connectivity index (χ1v) is 14.6. The molecule has 1 aliphatic rings. The molecule has 2 aromatic carbocycles. The molecule has 12 nitrogen and oxygen atoms in total. The lowest BCUT2D eigenvalue weighted by Gasteiger charge is -2.22. The van der Waals surface area contributed by atoms with Crippen LogP contribution in [0.15, 0.2) is 42.5 Å². The fourth-order valence-corrected chi connectivity index (χ4v) is 4.73. The molecule has 0 aliphatic carbocycles. The second kappa shape index (κ2) is 16.5. The number of nitrogens with one attached hydrogen (secondary N) is 1. The van der Waals surface area contributed by atoms with Crippen molar-refractivity contribution in [3.8, 4) is 17.2 Å². The molecule has 0 bridgehead atoms. The van der Waals surface area contributed by atoms with Crippen molar-refractivity contribution in [1.82, 2.24) is 20.2 Å². The highest BCUT2D eigenvalue weighted by Gasteiger charge is 2.26. The summed E-state index contributed by atoms with van der Waals surface area (Å²) < 4.78 is 27.7. The van der Waals surface area contributed by atoms with Crippen LogP contribution in [-0.2, 0) is 16.0 Å². The summed E-state index contributed by atoms with van der Waals surface area (Å²) in [6.07, 6.45) is 9.80. The van der Waals surface area contributed by atoms with Gasteiger partial charge in [0.2, 0.25) is 0 Å². The molecular weight excluding hydrogens is 540 g/mol. The van der Waals surface area contributed by atoms with Gasteiger partial charge in [-0.2, -0.15) is 4.80 Å². The molecule has 1 aromatic heterocycles. The predicted octanol–water partition coefficient (Wildman–Crippen LogP) is 5.95. The molecule has 3 aromatic rings. The average Bonchev–Trinajstić information content (AvgIpc) is 3.49. The molecule has 1 fully saturated rings. The van der Waals surface area contributed by atoms with Crippen molar-refractivity contribution in [2.45, 2.75) is 70.6 Å². The van der Waals surface area contributed by atoms with Gasteiger partial charge in [-0.3, -0.25) is 0 Å². The SMILES string of the molecule is COc1cc(OC)c(NC(=O)N(c2ccccc2)c2nnn(CCCCCCCCOC3CCCCO3)n2)c(OC)c1. The number of aryl methyl sites for hydroxylation is 1. The van der Waals surface area contributed by atoms with E-state index in [0.717, 1.165) is 64.6 Å². The van der Waals surface area contributed by atoms with E-state index in [9.17, 15) is 4.79 Å². The lowest BCUT2D eigenvalue weighted by Crippen LogP contribution is -2.32. The van der Waals surface area contributed by atoms with Gasteiger partial charge in [-0.25, -0.2) is 9.69 Å². The molecule has 1 N–H and O–H groups in total. The second-order valence-electron chi connectivity index (χ2n) is 9.98. The topological polar surface area (TPSA) is 122 Å². The monoisotopic (exact) mass is 582 g/mol. The number of anilines is 3. The first-order valence-electron chi connectivity index (χ1n) is 14.6. The Bertz CT molecular complexity index is 1210. The number of carbonyl (C=O) groups excluding carboxylic acids is 1. The Morgan fingerprint density at radius 1 is 0.976 bits per heavy atom. The summed E-state index contributed by atoms with van der Waals surface area (Å²) >= 11 is 0. The van der Waals surface area contributed by atoms with E-state index in [4.69, 9.17) is 23.7 Å². The van der Waals surface area contributed by atoms with Gasteiger partial charge in [-0.15, -0.1) is 5.10 Å². The molecule has 0 spiro atoms. The van der Waals surface area contributed by atoms with Gasteiger partial charge in [0.05, 0.1) is 33.6 Å². The molecule has 2 heterocycles. The van der Waals surface area contributed by atoms with Gasteiger partial charge in [0.1, 0.15) is 22.9 Å². The highest BCUT2D eigenvalue weighted by atomic mass is 16.7. The minimum atomic E-state index is -0.499. The number of ether oxygens (including phenoxy) is 5. The van der Waals surface area contributed by atoms with E-state index in [1.807, 2.05) is 18.2 Å². The molecule has 4 rings (SSSR count). The summed E-state index contributed by atoms with van der Waals surface area (Å²) in [7, 11) is 4.56. The minimum absolute atomic E-state index is 0.00388. The minimum Gasteiger partial charge on any atom is -0.496 e. The van der Waals surface area contributed by atoms with E-state index >= 15 is 0 Å². The first kappa shape index (κ1) is 31.0. The van der Waals surface area contributed by atoms with Crippen molar-refractivity contribution >= 4 is 23.4 Å². The standard InChI is InChI=1S/C30H42N6O6/c1-38-24-21-25(39-2)28(26(22-24)40-3)31-30(37)36(23-15-9-8-10-16-23)29-32-34-35(33-29)18-12-6-4-5-7-13-19-41-27-17-11-14-20-42-27/h8-10,15-16,21-22,27H,4-7,11-14,17-20H2,1-3H3,(H,31,37). The highest BCUT2D eigenvalue weighted by molar-refractivity contribution is 6.07. The third-order valence-corrected chi connectivity index (χ3v) is 7.00. The van der Waals surface area contributed by atoms with Crippen LogP contribution in [0, 0.1) is 0 Å². The van der Waals surface area contributed by atoms with Crippen molar-refractivity contribution in [1.29, 1.82) is 0 Å². The molecule has 2 amide bonds. The van der Waals surface area contributed by atoms with E-state index in [2.05, 4.69) is 20.7 Å². The number of amides is 2. The van der Waals surface area contributed by atoms with Crippen LogP contribution in [0.2, 0.25) is 0 Å². The van der Waals surface area contributed by atoms with Crippen LogP contribution >= 0.6 is 0 Å². The van der Waals surface area contributed by atoms with Crippen molar-refractivity contribution < 1.29 is 28.5 Å². The van der Waals surface area contributed by atoms with Crippen LogP contribution in [0.1, 0.15) is 57.8 Å². The van der Waals surface area contributed by atoms with E-state index in [0.29, 0.717) is 35.2 Å². The maximum absolute atomic E-state index is 13.7. The number of carbonyl (C=O) groups is 1. The summed E-state index contributed by atoms with van der Waals surface area (Å²) in [5, 5.41) is 15.8. The summed E-state index contributed by atoms with van der Waals surface area (Å²) in [4.78, 5) is 16.6. The van der Waals surface area contributed by atoms with E-state index < -0.39 is 6.03 Å². The zero-order valence-electron chi connectivity index (χ0n) is 24.8. The largest absolute Gasteiger partial charge is 0.496 e. The Balaban J connectivity index is 1.30. The maximum atomic E-state index is 13.7. The van der Waals surface area contributed by atoms with Crippen LogP contribution < -0.4 is 24.4 Å². The zero-order chi connectivity index (χ0) is 29.6. The fourth-order valence-electron chi connectivity index (χ4n) is 4.73. The molecule has 0 radical (unpaired) electrons. The summed E-state index contributed by atoms with van der Waals surface area (Å²) in [5.41, 5.74) is 0.938. The Morgan fingerprint density at radius 3 is 2.36 bits per heavy atom. The third-order valence-electron chi connectivity index (χ3n) is 7.00. The van der Waals surface area contributed by atoms with Crippen molar-refractivity contribution in [2.24, 2.45) is 0 Å². The number of rotatable bonds is 16. The van der Waals surface area contributed by atoms with Gasteiger partial charge in [0.25, 0.3) is 5.95 Å². The number of urea groups is 1. The number of aromatic nitrogens is 4. The smallest absolute Gasteiger partial charge is 0.333 e. The number of benzene rings is 2. The number of hydrogen-bond donors (Lipinski definition) is 1.